The Morgan fingerprint density at radius 1 is 0.302 bits per heavy atom. The molecule has 0 fully saturated rings. The maximum absolute atomic E-state index is 5.39. The Labute approximate surface area is 305 Å². The topological polar surface area (TPSA) is 43.6 Å². The summed E-state index contributed by atoms with van der Waals surface area (Å²) in [4.78, 5) is 15.9. The molecular formula is C49H30N4. The van der Waals surface area contributed by atoms with Crippen LogP contribution in [0.3, 0.4) is 0 Å². The molecule has 2 heterocycles. The molecule has 0 aliphatic rings. The van der Waals surface area contributed by atoms with Crippen LogP contribution < -0.4 is 0 Å². The first-order valence-corrected chi connectivity index (χ1v) is 18.0. The molecule has 0 radical (unpaired) electrons. The summed E-state index contributed by atoms with van der Waals surface area (Å²) in [7, 11) is 0. The average molecular weight is 675 g/mol. The molecule has 246 valence electrons. The van der Waals surface area contributed by atoms with E-state index >= 15 is 0 Å². The standard InChI is InChI=1S/C49H30N4/c1-4-15-31(16-5-1)32-27-29-34(30-28-32)48-50-47(33-17-6-2-7-18-33)51-49(52-48)44-40-24-13-12-23-39(40)42-37-22-11-10-21-36(37)38-25-14-26-41-43(38)45(42)46(44)53(41)35-19-8-3-9-20-35/h1-30H. The predicted molar refractivity (Wildman–Crippen MR) is 220 cm³/mol. The molecule has 0 amide bonds. The third-order valence-corrected chi connectivity index (χ3v) is 10.6. The van der Waals surface area contributed by atoms with Crippen LogP contribution in [0.1, 0.15) is 0 Å². The quantitative estimate of drug-likeness (QED) is 0.171. The molecule has 9 aromatic carbocycles. The van der Waals surface area contributed by atoms with Crippen molar-refractivity contribution >= 4 is 54.1 Å². The summed E-state index contributed by atoms with van der Waals surface area (Å²) in [6.07, 6.45) is 0. The maximum Gasteiger partial charge on any atom is 0.166 e. The summed E-state index contributed by atoms with van der Waals surface area (Å²) in [6, 6.07) is 64.2. The Morgan fingerprint density at radius 2 is 0.755 bits per heavy atom. The Morgan fingerprint density at radius 3 is 1.43 bits per heavy atom. The lowest BCUT2D eigenvalue weighted by molar-refractivity contribution is 1.07. The van der Waals surface area contributed by atoms with E-state index in [4.69, 9.17) is 15.0 Å². The van der Waals surface area contributed by atoms with Gasteiger partial charge in [-0.3, -0.25) is 0 Å². The number of aromatic nitrogens is 4. The molecule has 11 aromatic rings. The molecule has 2 aromatic heterocycles. The fraction of sp³-hybridized carbons (Fsp3) is 0. The molecular weight excluding hydrogens is 645 g/mol. The highest BCUT2D eigenvalue weighted by Gasteiger charge is 2.27. The number of para-hydroxylation sites is 1. The van der Waals surface area contributed by atoms with Gasteiger partial charge < -0.3 is 4.57 Å². The van der Waals surface area contributed by atoms with Gasteiger partial charge in [-0.2, -0.15) is 0 Å². The predicted octanol–water partition coefficient (Wildman–Crippen LogP) is 12.5. The number of hydrogen-bond acceptors (Lipinski definition) is 3. The Kier molecular flexibility index (Phi) is 6.52. The normalized spacial score (nSPS) is 11.8. The molecule has 4 nitrogen and oxygen atoms in total. The minimum Gasteiger partial charge on any atom is -0.308 e. The van der Waals surface area contributed by atoms with Gasteiger partial charge in [0.15, 0.2) is 17.5 Å². The van der Waals surface area contributed by atoms with Gasteiger partial charge in [0.2, 0.25) is 0 Å². The number of hydrogen-bond donors (Lipinski definition) is 0. The van der Waals surface area contributed by atoms with Gasteiger partial charge in [0, 0.05) is 33.0 Å². The first-order valence-electron chi connectivity index (χ1n) is 18.0. The highest BCUT2D eigenvalue weighted by atomic mass is 15.0. The molecule has 0 spiro atoms. The minimum atomic E-state index is 0.635. The van der Waals surface area contributed by atoms with Crippen LogP contribution in [0, 0.1) is 0 Å². The summed E-state index contributed by atoms with van der Waals surface area (Å²) in [5, 5.41) is 9.75. The minimum absolute atomic E-state index is 0.635. The zero-order valence-corrected chi connectivity index (χ0v) is 28.6. The van der Waals surface area contributed by atoms with E-state index in [1.54, 1.807) is 0 Å². The first-order chi connectivity index (χ1) is 26.3. The summed E-state index contributed by atoms with van der Waals surface area (Å²) < 4.78 is 2.42. The Bertz CT molecular complexity index is 3130. The molecule has 0 unspecified atom stereocenters. The van der Waals surface area contributed by atoms with Crippen molar-refractivity contribution in [2.24, 2.45) is 0 Å². The average Bonchev–Trinajstić information content (AvgIpc) is 3.58. The van der Waals surface area contributed by atoms with Crippen LogP contribution >= 0.6 is 0 Å². The summed E-state index contributed by atoms with van der Waals surface area (Å²) >= 11 is 0. The lowest BCUT2D eigenvalue weighted by Gasteiger charge is -2.17. The van der Waals surface area contributed by atoms with Crippen LogP contribution in [0.25, 0.3) is 105 Å². The monoisotopic (exact) mass is 674 g/mol. The van der Waals surface area contributed by atoms with Crippen molar-refractivity contribution in [2.45, 2.75) is 0 Å². The number of benzene rings is 9. The van der Waals surface area contributed by atoms with E-state index in [2.05, 4.69) is 162 Å². The van der Waals surface area contributed by atoms with E-state index < -0.39 is 0 Å². The second kappa shape index (κ2) is 11.7. The van der Waals surface area contributed by atoms with E-state index in [0.29, 0.717) is 17.5 Å². The molecule has 0 bridgehead atoms. The molecule has 0 atom stereocenters. The zero-order valence-electron chi connectivity index (χ0n) is 28.6. The molecule has 0 saturated heterocycles. The van der Waals surface area contributed by atoms with Crippen molar-refractivity contribution in [2.75, 3.05) is 0 Å². The van der Waals surface area contributed by atoms with Crippen molar-refractivity contribution in [3.8, 4) is 51.0 Å². The highest BCUT2D eigenvalue weighted by Crippen LogP contribution is 2.50. The SMILES string of the molecule is c1ccc(-c2ccc(-c3nc(-c4ccccc4)nc(-c4c5ccccc5c5c6ccccc6c6cccc7c6c5c4n7-c4ccccc4)n3)cc2)cc1. The molecule has 0 saturated carbocycles. The van der Waals surface area contributed by atoms with Crippen LogP contribution in [-0.2, 0) is 0 Å². The highest BCUT2D eigenvalue weighted by molar-refractivity contribution is 6.41. The fourth-order valence-corrected chi connectivity index (χ4v) is 8.29. The molecule has 4 heteroatoms. The summed E-state index contributed by atoms with van der Waals surface area (Å²) in [5.74, 6) is 1.92. The molecule has 0 aliphatic heterocycles. The van der Waals surface area contributed by atoms with E-state index in [1.165, 1.54) is 43.3 Å². The van der Waals surface area contributed by atoms with Gasteiger partial charge >= 0.3 is 0 Å². The molecule has 0 N–H and O–H groups in total. The fourth-order valence-electron chi connectivity index (χ4n) is 8.29. The van der Waals surface area contributed by atoms with E-state index in [-0.39, 0.29) is 0 Å². The van der Waals surface area contributed by atoms with Gasteiger partial charge in [-0.15, -0.1) is 0 Å². The summed E-state index contributed by atoms with van der Waals surface area (Å²) in [6.45, 7) is 0. The van der Waals surface area contributed by atoms with Crippen LogP contribution in [0.2, 0.25) is 0 Å². The van der Waals surface area contributed by atoms with Gasteiger partial charge in [0.1, 0.15) is 0 Å². The maximum atomic E-state index is 5.39. The van der Waals surface area contributed by atoms with Crippen molar-refractivity contribution in [1.29, 1.82) is 0 Å². The van der Waals surface area contributed by atoms with Crippen molar-refractivity contribution in [3.63, 3.8) is 0 Å². The molecule has 53 heavy (non-hydrogen) atoms. The van der Waals surface area contributed by atoms with E-state index in [9.17, 15) is 0 Å². The lowest BCUT2D eigenvalue weighted by Crippen LogP contribution is -2.03. The van der Waals surface area contributed by atoms with Crippen LogP contribution in [0.5, 0.6) is 0 Å². The molecule has 0 aliphatic carbocycles. The number of fused-ring (bicyclic) bond motifs is 5. The third-order valence-electron chi connectivity index (χ3n) is 10.6. The van der Waals surface area contributed by atoms with Crippen LogP contribution in [0.4, 0.5) is 0 Å². The largest absolute Gasteiger partial charge is 0.308 e. The smallest absolute Gasteiger partial charge is 0.166 e. The van der Waals surface area contributed by atoms with Gasteiger partial charge in [-0.05, 0) is 56.3 Å². The second-order valence-corrected chi connectivity index (χ2v) is 13.6. The second-order valence-electron chi connectivity index (χ2n) is 13.6. The molecule has 11 rings (SSSR count). The Hall–Kier alpha value is -7.17. The van der Waals surface area contributed by atoms with E-state index in [1.807, 2.05) is 24.3 Å². The van der Waals surface area contributed by atoms with Crippen LogP contribution in [-0.4, -0.2) is 19.5 Å². The zero-order chi connectivity index (χ0) is 34.9. The third kappa shape index (κ3) is 4.52. The lowest BCUT2D eigenvalue weighted by atomic mass is 9.89. The van der Waals surface area contributed by atoms with Gasteiger partial charge in [0.25, 0.3) is 0 Å². The van der Waals surface area contributed by atoms with Crippen molar-refractivity contribution in [3.05, 3.63) is 182 Å². The Balaban J connectivity index is 1.30. The van der Waals surface area contributed by atoms with E-state index in [0.717, 1.165) is 44.4 Å². The summed E-state index contributed by atoms with van der Waals surface area (Å²) in [5.41, 5.74) is 8.53. The van der Waals surface area contributed by atoms with Crippen molar-refractivity contribution in [1.82, 2.24) is 19.5 Å². The number of rotatable bonds is 5. The number of nitrogens with zero attached hydrogens (tertiary/aromatic N) is 4. The first kappa shape index (κ1) is 29.5. The van der Waals surface area contributed by atoms with Crippen LogP contribution in [0.15, 0.2) is 182 Å². The van der Waals surface area contributed by atoms with Gasteiger partial charge in [-0.25, -0.2) is 15.0 Å². The van der Waals surface area contributed by atoms with Gasteiger partial charge in [-0.1, -0.05) is 164 Å². The van der Waals surface area contributed by atoms with Crippen molar-refractivity contribution < 1.29 is 0 Å². The van der Waals surface area contributed by atoms with Gasteiger partial charge in [0.05, 0.1) is 16.6 Å².